The van der Waals surface area contributed by atoms with Crippen LogP contribution in [0.15, 0.2) is 66.7 Å². The summed E-state index contributed by atoms with van der Waals surface area (Å²) in [7, 11) is 0. The molecule has 0 fully saturated rings. The Morgan fingerprint density at radius 1 is 0.913 bits per heavy atom. The van der Waals surface area contributed by atoms with Crippen molar-refractivity contribution >= 4 is 11.9 Å². The van der Waals surface area contributed by atoms with Gasteiger partial charge >= 0.3 is 11.9 Å². The van der Waals surface area contributed by atoms with Crippen LogP contribution in [0.2, 0.25) is 0 Å². The number of esters is 2. The highest BCUT2D eigenvalue weighted by atomic mass is 16.6. The summed E-state index contributed by atoms with van der Waals surface area (Å²) < 4.78 is 4.99. The van der Waals surface area contributed by atoms with E-state index in [4.69, 9.17) is 4.74 Å². The van der Waals surface area contributed by atoms with Crippen LogP contribution in [0.1, 0.15) is 46.0 Å². The lowest BCUT2D eigenvalue weighted by Crippen LogP contribution is -2.14. The average Bonchev–Trinajstić information content (AvgIpc) is 2.59. The molecule has 0 N–H and O–H groups in total. The van der Waals surface area contributed by atoms with Gasteiger partial charge in [-0.3, -0.25) is 0 Å². The zero-order valence-corrected chi connectivity index (χ0v) is 13.2. The Bertz CT molecular complexity index is 687. The van der Waals surface area contributed by atoms with Gasteiger partial charge in [0.05, 0.1) is 11.1 Å². The number of rotatable bonds is 6. The van der Waals surface area contributed by atoms with Crippen molar-refractivity contribution in [2.45, 2.75) is 26.2 Å². The fourth-order valence-corrected chi connectivity index (χ4v) is 2.16. The van der Waals surface area contributed by atoms with E-state index in [1.807, 2.05) is 18.2 Å². The molecular formula is C20H20O3. The monoisotopic (exact) mass is 308 g/mol. The van der Waals surface area contributed by atoms with Gasteiger partial charge in [-0.1, -0.05) is 61.9 Å². The highest BCUT2D eigenvalue weighted by Crippen LogP contribution is 2.13. The summed E-state index contributed by atoms with van der Waals surface area (Å²) in [5.74, 6) is -1.25. The summed E-state index contributed by atoms with van der Waals surface area (Å²) in [5, 5.41) is 0. The molecule has 3 nitrogen and oxygen atoms in total. The van der Waals surface area contributed by atoms with E-state index in [1.54, 1.807) is 42.5 Å². The molecule has 118 valence electrons. The standard InChI is InChI=1S/C20H20O3/c1-2-3-4-6-11-16-12-9-10-15-18(16)20(22)23-19(21)17-13-7-5-8-14-17/h4-10,12-15H,2-3,11H2,1H3. The van der Waals surface area contributed by atoms with Crippen molar-refractivity contribution in [2.75, 3.05) is 0 Å². The Balaban J connectivity index is 2.08. The normalized spacial score (nSPS) is 10.7. The van der Waals surface area contributed by atoms with E-state index in [0.717, 1.165) is 18.4 Å². The summed E-state index contributed by atoms with van der Waals surface area (Å²) >= 11 is 0. The van der Waals surface area contributed by atoms with E-state index in [9.17, 15) is 9.59 Å². The molecule has 0 aliphatic carbocycles. The van der Waals surface area contributed by atoms with Crippen LogP contribution in [-0.4, -0.2) is 11.9 Å². The molecule has 0 spiro atoms. The van der Waals surface area contributed by atoms with E-state index in [-0.39, 0.29) is 0 Å². The molecule has 0 atom stereocenters. The number of carbonyl (C=O) groups is 2. The van der Waals surface area contributed by atoms with Gasteiger partial charge < -0.3 is 4.74 Å². The second kappa shape index (κ2) is 8.69. The van der Waals surface area contributed by atoms with Gasteiger partial charge in [-0.05, 0) is 36.6 Å². The number of carbonyl (C=O) groups excluding carboxylic acids is 2. The second-order valence-electron chi connectivity index (χ2n) is 5.16. The molecule has 0 bridgehead atoms. The van der Waals surface area contributed by atoms with Crippen molar-refractivity contribution in [3.8, 4) is 0 Å². The number of ether oxygens (including phenoxy) is 1. The minimum atomic E-state index is -0.632. The summed E-state index contributed by atoms with van der Waals surface area (Å²) in [6, 6.07) is 15.7. The molecule has 0 aliphatic rings. The molecule has 0 unspecified atom stereocenters. The maximum absolute atomic E-state index is 12.3. The van der Waals surface area contributed by atoms with Gasteiger partial charge in [-0.25, -0.2) is 9.59 Å². The quantitative estimate of drug-likeness (QED) is 0.445. The Labute approximate surface area is 136 Å². The minimum absolute atomic E-state index is 0.362. The zero-order valence-electron chi connectivity index (χ0n) is 13.2. The maximum Gasteiger partial charge on any atom is 0.346 e. The predicted octanol–water partition coefficient (Wildman–Crippen LogP) is 4.58. The van der Waals surface area contributed by atoms with E-state index in [1.165, 1.54) is 0 Å². The third kappa shape index (κ3) is 4.92. The molecule has 23 heavy (non-hydrogen) atoms. The largest absolute Gasteiger partial charge is 0.386 e. The van der Waals surface area contributed by atoms with Gasteiger partial charge in [0.1, 0.15) is 0 Å². The third-order valence-corrected chi connectivity index (χ3v) is 3.39. The van der Waals surface area contributed by atoms with Crippen molar-refractivity contribution in [3.05, 3.63) is 83.4 Å². The van der Waals surface area contributed by atoms with Crippen molar-refractivity contribution in [1.29, 1.82) is 0 Å². The van der Waals surface area contributed by atoms with E-state index in [0.29, 0.717) is 17.5 Å². The highest BCUT2D eigenvalue weighted by molar-refractivity contribution is 6.03. The Morgan fingerprint density at radius 3 is 2.35 bits per heavy atom. The second-order valence-corrected chi connectivity index (χ2v) is 5.16. The molecule has 0 heterocycles. The molecule has 0 aromatic heterocycles. The fraction of sp³-hybridized carbons (Fsp3) is 0.200. The molecule has 2 aromatic rings. The zero-order chi connectivity index (χ0) is 16.5. The summed E-state index contributed by atoms with van der Waals surface area (Å²) in [6.07, 6.45) is 6.88. The molecule has 0 saturated heterocycles. The fourth-order valence-electron chi connectivity index (χ4n) is 2.16. The summed E-state index contributed by atoms with van der Waals surface area (Å²) in [4.78, 5) is 24.3. The molecule has 2 aromatic carbocycles. The Morgan fingerprint density at radius 2 is 1.61 bits per heavy atom. The first-order valence-corrected chi connectivity index (χ1v) is 7.77. The molecule has 0 amide bonds. The lowest BCUT2D eigenvalue weighted by atomic mass is 10.0. The SMILES string of the molecule is CCCC=CCc1ccccc1C(=O)OC(=O)c1ccccc1. The van der Waals surface area contributed by atoms with E-state index < -0.39 is 11.9 Å². The third-order valence-electron chi connectivity index (χ3n) is 3.39. The Hall–Kier alpha value is -2.68. The first kappa shape index (κ1) is 16.7. The van der Waals surface area contributed by atoms with Crippen LogP contribution in [0, 0.1) is 0 Å². The van der Waals surface area contributed by atoms with Gasteiger partial charge in [-0.15, -0.1) is 0 Å². The molecule has 2 rings (SSSR count). The molecule has 3 heteroatoms. The van der Waals surface area contributed by atoms with Crippen molar-refractivity contribution in [3.63, 3.8) is 0 Å². The molecular weight excluding hydrogens is 288 g/mol. The van der Waals surface area contributed by atoms with Crippen molar-refractivity contribution < 1.29 is 14.3 Å². The topological polar surface area (TPSA) is 43.4 Å². The van der Waals surface area contributed by atoms with Gasteiger partial charge in [0.15, 0.2) is 0 Å². The first-order valence-electron chi connectivity index (χ1n) is 7.77. The predicted molar refractivity (Wildman–Crippen MR) is 90.4 cm³/mol. The van der Waals surface area contributed by atoms with Crippen LogP contribution in [0.25, 0.3) is 0 Å². The van der Waals surface area contributed by atoms with Crippen LogP contribution in [0.3, 0.4) is 0 Å². The minimum Gasteiger partial charge on any atom is -0.386 e. The van der Waals surface area contributed by atoms with E-state index >= 15 is 0 Å². The van der Waals surface area contributed by atoms with Crippen molar-refractivity contribution in [2.24, 2.45) is 0 Å². The number of allylic oxidation sites excluding steroid dienone is 2. The van der Waals surface area contributed by atoms with Crippen LogP contribution in [0.4, 0.5) is 0 Å². The number of hydrogen-bond acceptors (Lipinski definition) is 3. The first-order chi connectivity index (χ1) is 11.2. The summed E-state index contributed by atoms with van der Waals surface area (Å²) in [5.41, 5.74) is 1.64. The Kier molecular flexibility index (Phi) is 6.30. The van der Waals surface area contributed by atoms with Crippen LogP contribution < -0.4 is 0 Å². The number of unbranched alkanes of at least 4 members (excludes halogenated alkanes) is 1. The van der Waals surface area contributed by atoms with Crippen LogP contribution in [0.5, 0.6) is 0 Å². The van der Waals surface area contributed by atoms with Gasteiger partial charge in [-0.2, -0.15) is 0 Å². The number of benzene rings is 2. The maximum atomic E-state index is 12.3. The lowest BCUT2D eigenvalue weighted by molar-refractivity contribution is 0.0397. The molecule has 0 saturated carbocycles. The molecule has 0 radical (unpaired) electrons. The van der Waals surface area contributed by atoms with Crippen LogP contribution in [-0.2, 0) is 11.2 Å². The average molecular weight is 308 g/mol. The van der Waals surface area contributed by atoms with Gasteiger partial charge in [0, 0.05) is 0 Å². The van der Waals surface area contributed by atoms with Crippen LogP contribution >= 0.6 is 0 Å². The number of hydrogen-bond donors (Lipinski definition) is 0. The van der Waals surface area contributed by atoms with E-state index in [2.05, 4.69) is 13.0 Å². The van der Waals surface area contributed by atoms with Gasteiger partial charge in [0.25, 0.3) is 0 Å². The van der Waals surface area contributed by atoms with Gasteiger partial charge in [0.2, 0.25) is 0 Å². The lowest BCUT2D eigenvalue weighted by Gasteiger charge is -2.07. The highest BCUT2D eigenvalue weighted by Gasteiger charge is 2.16. The molecule has 0 aliphatic heterocycles. The smallest absolute Gasteiger partial charge is 0.346 e. The van der Waals surface area contributed by atoms with Crippen molar-refractivity contribution in [1.82, 2.24) is 0 Å². The summed E-state index contributed by atoms with van der Waals surface area (Å²) in [6.45, 7) is 2.12.